The predicted molar refractivity (Wildman–Crippen MR) is 97.9 cm³/mol. The quantitative estimate of drug-likeness (QED) is 0.633. The molecule has 3 rings (SSSR count). The summed E-state index contributed by atoms with van der Waals surface area (Å²) < 4.78 is 64.0. The first-order valence-corrected chi connectivity index (χ1v) is 10.9. The van der Waals surface area contributed by atoms with Crippen LogP contribution in [0.25, 0.3) is 0 Å². The van der Waals surface area contributed by atoms with Crippen LogP contribution in [0.3, 0.4) is 0 Å². The van der Waals surface area contributed by atoms with Crippen LogP contribution in [-0.4, -0.2) is 85.4 Å². The van der Waals surface area contributed by atoms with Crippen molar-refractivity contribution in [1.29, 1.82) is 0 Å². The highest BCUT2D eigenvalue weighted by molar-refractivity contribution is 7.89. The molecule has 1 amide bonds. The zero-order chi connectivity index (χ0) is 21.2. The van der Waals surface area contributed by atoms with E-state index in [1.807, 2.05) is 0 Å². The van der Waals surface area contributed by atoms with Crippen LogP contribution >= 0.6 is 0 Å². The molecule has 3 heterocycles. The molecule has 2 aliphatic rings. The molecule has 1 unspecified atom stereocenters. The summed E-state index contributed by atoms with van der Waals surface area (Å²) in [5.74, 6) is -0.189. The minimum atomic E-state index is -3.99. The van der Waals surface area contributed by atoms with Gasteiger partial charge < -0.3 is 14.4 Å². The topological polar surface area (TPSA) is 94.0 Å². The number of ether oxygens (including phenoxy) is 2. The molecular formula is C17H26F2N4O5S. The van der Waals surface area contributed by atoms with Gasteiger partial charge in [0.2, 0.25) is 15.9 Å². The Morgan fingerprint density at radius 2 is 2.03 bits per heavy atom. The summed E-state index contributed by atoms with van der Waals surface area (Å²) in [7, 11) is -2.56. The zero-order valence-electron chi connectivity index (χ0n) is 16.5. The van der Waals surface area contributed by atoms with E-state index < -0.39 is 16.6 Å². The Morgan fingerprint density at radius 3 is 2.62 bits per heavy atom. The van der Waals surface area contributed by atoms with Crippen molar-refractivity contribution in [3.63, 3.8) is 0 Å². The average Bonchev–Trinajstić information content (AvgIpc) is 3.31. The molecule has 0 bridgehead atoms. The van der Waals surface area contributed by atoms with E-state index in [1.165, 1.54) is 18.3 Å². The molecule has 0 spiro atoms. The lowest BCUT2D eigenvalue weighted by molar-refractivity contribution is -0.142. The largest absolute Gasteiger partial charge is 0.381 e. The van der Waals surface area contributed by atoms with Crippen LogP contribution in [0.1, 0.15) is 31.5 Å². The van der Waals surface area contributed by atoms with Crippen LogP contribution in [0.5, 0.6) is 0 Å². The Hall–Kier alpha value is -1.63. The summed E-state index contributed by atoms with van der Waals surface area (Å²) in [6, 6.07) is -0.344. The van der Waals surface area contributed by atoms with Crippen molar-refractivity contribution >= 4 is 15.9 Å². The Balaban J connectivity index is 1.80. The Kier molecular flexibility index (Phi) is 6.87. The summed E-state index contributed by atoms with van der Waals surface area (Å²) in [5.41, 5.74) is -0.111. The molecule has 1 aromatic rings. The van der Waals surface area contributed by atoms with Gasteiger partial charge in [-0.25, -0.2) is 13.1 Å². The number of hydrogen-bond donors (Lipinski definition) is 0. The Morgan fingerprint density at radius 1 is 1.34 bits per heavy atom. The molecule has 0 aliphatic carbocycles. The summed E-state index contributed by atoms with van der Waals surface area (Å²) in [6.45, 7) is -0.303. The number of carbonyl (C=O) groups excluding carboxylic acids is 1. The van der Waals surface area contributed by atoms with E-state index in [4.69, 9.17) is 9.47 Å². The minimum Gasteiger partial charge on any atom is -0.381 e. The van der Waals surface area contributed by atoms with Crippen molar-refractivity contribution in [2.75, 3.05) is 40.0 Å². The van der Waals surface area contributed by atoms with Crippen LogP contribution < -0.4 is 0 Å². The second-order valence-electron chi connectivity index (χ2n) is 7.20. The minimum absolute atomic E-state index is 0.0395. The number of rotatable bonds is 7. The van der Waals surface area contributed by atoms with E-state index in [0.29, 0.717) is 37.2 Å². The first-order chi connectivity index (χ1) is 13.8. The van der Waals surface area contributed by atoms with Gasteiger partial charge >= 0.3 is 6.55 Å². The molecule has 9 nitrogen and oxygen atoms in total. The van der Waals surface area contributed by atoms with E-state index in [0.717, 1.165) is 6.20 Å². The standard InChI is InChI=1S/C17H26F2N4O5S/c1-12-15(9-20-23(12)17(18)19)29(25,26)21-6-3-14(10-21)22(16(24)11-27-2)13-4-7-28-8-5-13/h9,13-14,17H,3-8,10-11H2,1-2H3. The van der Waals surface area contributed by atoms with Crippen molar-refractivity contribution in [2.24, 2.45) is 0 Å². The Bertz CT molecular complexity index is 826. The molecule has 0 aromatic carbocycles. The fraction of sp³-hybridized carbons (Fsp3) is 0.765. The molecule has 1 aromatic heterocycles. The highest BCUT2D eigenvalue weighted by Gasteiger charge is 2.41. The third-order valence-corrected chi connectivity index (χ3v) is 7.43. The molecule has 0 N–H and O–H groups in total. The molecule has 164 valence electrons. The summed E-state index contributed by atoms with van der Waals surface area (Å²) in [5, 5.41) is 3.50. The Labute approximate surface area is 168 Å². The van der Waals surface area contributed by atoms with Crippen LogP contribution in [-0.2, 0) is 24.3 Å². The first kappa shape index (κ1) is 22.1. The second kappa shape index (κ2) is 9.02. The van der Waals surface area contributed by atoms with Gasteiger partial charge in [0.1, 0.15) is 11.5 Å². The fourth-order valence-electron chi connectivity index (χ4n) is 4.02. The highest BCUT2D eigenvalue weighted by atomic mass is 32.2. The average molecular weight is 436 g/mol. The number of alkyl halides is 2. The highest BCUT2D eigenvalue weighted by Crippen LogP contribution is 2.29. The van der Waals surface area contributed by atoms with Crippen LogP contribution in [0, 0.1) is 6.92 Å². The van der Waals surface area contributed by atoms with E-state index in [-0.39, 0.29) is 48.3 Å². The maximum absolute atomic E-state index is 13.0. The monoisotopic (exact) mass is 436 g/mol. The normalized spacial score (nSPS) is 21.8. The first-order valence-electron chi connectivity index (χ1n) is 9.47. The van der Waals surface area contributed by atoms with Crippen molar-refractivity contribution in [1.82, 2.24) is 19.0 Å². The third-order valence-electron chi connectivity index (χ3n) is 5.46. The van der Waals surface area contributed by atoms with Crippen LogP contribution in [0.2, 0.25) is 0 Å². The second-order valence-corrected chi connectivity index (χ2v) is 9.11. The van der Waals surface area contributed by atoms with E-state index >= 15 is 0 Å². The van der Waals surface area contributed by atoms with Gasteiger partial charge in [0.05, 0.1) is 11.9 Å². The molecule has 0 saturated carbocycles. The van der Waals surface area contributed by atoms with Crippen molar-refractivity contribution in [2.45, 2.75) is 49.7 Å². The lowest BCUT2D eigenvalue weighted by Crippen LogP contribution is -2.51. The number of amides is 1. The molecule has 0 radical (unpaired) electrons. The summed E-state index contributed by atoms with van der Waals surface area (Å²) >= 11 is 0. The number of nitrogens with zero attached hydrogens (tertiary/aromatic N) is 4. The van der Waals surface area contributed by atoms with Gasteiger partial charge in [0, 0.05) is 45.5 Å². The molecule has 29 heavy (non-hydrogen) atoms. The predicted octanol–water partition coefficient (Wildman–Crippen LogP) is 1.00. The number of carbonyl (C=O) groups is 1. The van der Waals surface area contributed by atoms with Gasteiger partial charge in [0.25, 0.3) is 0 Å². The maximum atomic E-state index is 13.0. The summed E-state index contributed by atoms with van der Waals surface area (Å²) in [6.07, 6.45) is 2.78. The number of sulfonamides is 1. The lowest BCUT2D eigenvalue weighted by atomic mass is 10.0. The van der Waals surface area contributed by atoms with Crippen molar-refractivity contribution in [3.05, 3.63) is 11.9 Å². The van der Waals surface area contributed by atoms with Gasteiger partial charge in [-0.2, -0.15) is 18.2 Å². The molecule has 1 atom stereocenters. The van der Waals surface area contributed by atoms with Gasteiger partial charge in [0.15, 0.2) is 0 Å². The SMILES string of the molecule is COCC(=O)N(C1CCOCC1)C1CCN(S(=O)(=O)c2cnn(C(F)F)c2C)C1. The van der Waals surface area contributed by atoms with E-state index in [1.54, 1.807) is 4.90 Å². The van der Waals surface area contributed by atoms with Crippen molar-refractivity contribution < 1.29 is 31.5 Å². The van der Waals surface area contributed by atoms with Gasteiger partial charge in [-0.15, -0.1) is 0 Å². The number of hydrogen-bond acceptors (Lipinski definition) is 6. The summed E-state index contributed by atoms with van der Waals surface area (Å²) in [4.78, 5) is 14.2. The maximum Gasteiger partial charge on any atom is 0.333 e. The van der Waals surface area contributed by atoms with Crippen molar-refractivity contribution in [3.8, 4) is 0 Å². The molecule has 2 fully saturated rings. The van der Waals surface area contributed by atoms with Gasteiger partial charge in [-0.05, 0) is 26.2 Å². The zero-order valence-corrected chi connectivity index (χ0v) is 17.3. The van der Waals surface area contributed by atoms with Crippen LogP contribution in [0.15, 0.2) is 11.1 Å². The van der Waals surface area contributed by atoms with Crippen LogP contribution in [0.4, 0.5) is 8.78 Å². The number of methoxy groups -OCH3 is 1. The lowest BCUT2D eigenvalue weighted by Gasteiger charge is -2.38. The smallest absolute Gasteiger partial charge is 0.333 e. The van der Waals surface area contributed by atoms with Gasteiger partial charge in [-0.1, -0.05) is 0 Å². The fourth-order valence-corrected chi connectivity index (χ4v) is 5.66. The molecule has 2 aliphatic heterocycles. The van der Waals surface area contributed by atoms with E-state index in [9.17, 15) is 22.0 Å². The number of halogens is 2. The molecule has 12 heteroatoms. The third kappa shape index (κ3) is 4.44. The molecule has 2 saturated heterocycles. The number of aromatic nitrogens is 2. The van der Waals surface area contributed by atoms with E-state index in [2.05, 4.69) is 5.10 Å². The van der Waals surface area contributed by atoms with Gasteiger partial charge in [-0.3, -0.25) is 4.79 Å². The molecular weight excluding hydrogens is 410 g/mol.